The summed E-state index contributed by atoms with van der Waals surface area (Å²) in [5, 5.41) is 12.7. The molecule has 1 aliphatic rings. The highest BCUT2D eigenvalue weighted by Gasteiger charge is 2.38. The van der Waals surface area contributed by atoms with Gasteiger partial charge in [-0.25, -0.2) is 15.2 Å². The lowest BCUT2D eigenvalue weighted by Crippen LogP contribution is -2.32. The van der Waals surface area contributed by atoms with E-state index in [1.807, 2.05) is 0 Å². The Morgan fingerprint density at radius 3 is 2.81 bits per heavy atom. The van der Waals surface area contributed by atoms with Crippen LogP contribution in [0.4, 0.5) is 5.95 Å². The molecule has 1 fully saturated rings. The molecule has 1 saturated heterocycles. The SMILES string of the molecule is CC1(Nc2ncc(Cl)cn2)CCB(C#N)C1. The van der Waals surface area contributed by atoms with Crippen LogP contribution in [0, 0.1) is 11.2 Å². The van der Waals surface area contributed by atoms with Gasteiger partial charge in [0.2, 0.25) is 5.95 Å². The highest BCUT2D eigenvalue weighted by molar-refractivity contribution is 6.68. The first-order valence-electron chi connectivity index (χ1n) is 5.27. The average molecular weight is 234 g/mol. The van der Waals surface area contributed by atoms with E-state index in [0.29, 0.717) is 11.0 Å². The van der Waals surface area contributed by atoms with Gasteiger partial charge in [-0.1, -0.05) is 17.9 Å². The van der Waals surface area contributed by atoms with Gasteiger partial charge in [-0.15, -0.1) is 0 Å². The van der Waals surface area contributed by atoms with E-state index < -0.39 is 0 Å². The Morgan fingerprint density at radius 2 is 2.25 bits per heavy atom. The van der Waals surface area contributed by atoms with Gasteiger partial charge in [0.1, 0.15) is 0 Å². The molecule has 1 aliphatic heterocycles. The topological polar surface area (TPSA) is 61.6 Å². The number of halogens is 1. The lowest BCUT2D eigenvalue weighted by molar-refractivity contribution is 0.567. The molecule has 0 aromatic carbocycles. The Labute approximate surface area is 100 Å². The fraction of sp³-hybridized carbons (Fsp3) is 0.500. The molecule has 82 valence electrons. The summed E-state index contributed by atoms with van der Waals surface area (Å²) in [4.78, 5) is 8.20. The van der Waals surface area contributed by atoms with E-state index in [4.69, 9.17) is 16.9 Å². The first-order valence-corrected chi connectivity index (χ1v) is 5.64. The zero-order chi connectivity index (χ0) is 11.6. The van der Waals surface area contributed by atoms with Crippen molar-refractivity contribution < 1.29 is 0 Å². The number of rotatable bonds is 2. The van der Waals surface area contributed by atoms with E-state index in [2.05, 4.69) is 28.2 Å². The molecular formula is C10H12BClN4. The van der Waals surface area contributed by atoms with Crippen LogP contribution in [0.15, 0.2) is 12.4 Å². The van der Waals surface area contributed by atoms with Crippen molar-refractivity contribution in [3.63, 3.8) is 0 Å². The summed E-state index contributed by atoms with van der Waals surface area (Å²) >= 11 is 5.71. The predicted molar refractivity (Wildman–Crippen MR) is 64.7 cm³/mol. The third-order valence-corrected chi connectivity index (χ3v) is 3.15. The van der Waals surface area contributed by atoms with E-state index in [0.717, 1.165) is 19.1 Å². The number of hydrogen-bond acceptors (Lipinski definition) is 4. The summed E-state index contributed by atoms with van der Waals surface area (Å²) in [7, 11) is 0. The minimum absolute atomic E-state index is 0.0752. The largest absolute Gasteiger partial charge is 0.350 e. The second-order valence-corrected chi connectivity index (χ2v) is 4.92. The van der Waals surface area contributed by atoms with Crippen molar-refractivity contribution in [3.05, 3.63) is 17.4 Å². The van der Waals surface area contributed by atoms with Crippen molar-refractivity contribution in [2.45, 2.75) is 31.5 Å². The lowest BCUT2D eigenvalue weighted by Gasteiger charge is -2.25. The zero-order valence-corrected chi connectivity index (χ0v) is 9.83. The Morgan fingerprint density at radius 1 is 1.56 bits per heavy atom. The molecule has 1 atom stereocenters. The molecular weight excluding hydrogens is 222 g/mol. The monoisotopic (exact) mass is 234 g/mol. The molecule has 4 nitrogen and oxygen atoms in total. The predicted octanol–water partition coefficient (Wildman–Crippen LogP) is 2.26. The van der Waals surface area contributed by atoms with Crippen LogP contribution in [0.3, 0.4) is 0 Å². The first-order chi connectivity index (χ1) is 7.61. The molecule has 16 heavy (non-hydrogen) atoms. The third kappa shape index (κ3) is 2.45. The minimum Gasteiger partial charge on any atom is -0.350 e. The highest BCUT2D eigenvalue weighted by Crippen LogP contribution is 2.32. The van der Waals surface area contributed by atoms with Crippen molar-refractivity contribution in [2.75, 3.05) is 5.32 Å². The molecule has 0 amide bonds. The number of aromatic nitrogens is 2. The van der Waals surface area contributed by atoms with Gasteiger partial charge in [0, 0.05) is 11.5 Å². The maximum atomic E-state index is 8.87. The van der Waals surface area contributed by atoms with Crippen molar-refractivity contribution in [3.8, 4) is 5.97 Å². The van der Waals surface area contributed by atoms with Crippen molar-refractivity contribution in [1.29, 1.82) is 5.26 Å². The van der Waals surface area contributed by atoms with E-state index in [-0.39, 0.29) is 12.3 Å². The normalized spacial score (nSPS) is 24.2. The number of nitriles is 1. The fourth-order valence-electron chi connectivity index (χ4n) is 2.11. The Hall–Kier alpha value is -1.28. The molecule has 2 rings (SSSR count). The Bertz CT molecular complexity index is 416. The van der Waals surface area contributed by atoms with Crippen LogP contribution in [0.25, 0.3) is 0 Å². The summed E-state index contributed by atoms with van der Waals surface area (Å²) in [6, 6.07) is 0. The Balaban J connectivity index is 2.05. The van der Waals surface area contributed by atoms with Gasteiger partial charge in [-0.2, -0.15) is 0 Å². The van der Waals surface area contributed by atoms with Crippen LogP contribution >= 0.6 is 11.6 Å². The molecule has 1 aromatic rings. The van der Waals surface area contributed by atoms with Crippen LogP contribution in [0.2, 0.25) is 17.7 Å². The number of anilines is 1. The van der Waals surface area contributed by atoms with Crippen LogP contribution in [-0.2, 0) is 0 Å². The second kappa shape index (κ2) is 4.30. The standard InChI is InChI=1S/C10H12BClN4/c1-10(2-3-11(6-10)7-13)16-9-14-4-8(12)5-15-9/h4-5H,2-3,6H2,1H3,(H,14,15,16). The van der Waals surface area contributed by atoms with Crippen LogP contribution in [0.5, 0.6) is 0 Å². The quantitative estimate of drug-likeness (QED) is 0.798. The second-order valence-electron chi connectivity index (χ2n) is 4.48. The lowest BCUT2D eigenvalue weighted by atomic mass is 9.49. The van der Waals surface area contributed by atoms with Gasteiger partial charge in [-0.05, 0) is 19.7 Å². The Kier molecular flexibility index (Phi) is 3.02. The van der Waals surface area contributed by atoms with Gasteiger partial charge < -0.3 is 5.32 Å². The molecule has 1 N–H and O–H groups in total. The van der Waals surface area contributed by atoms with Gasteiger partial charge in [0.05, 0.1) is 17.4 Å². The highest BCUT2D eigenvalue weighted by atomic mass is 35.5. The number of nitrogens with one attached hydrogen (secondary N) is 1. The molecule has 1 aromatic heterocycles. The molecule has 0 radical (unpaired) electrons. The van der Waals surface area contributed by atoms with Crippen molar-refractivity contribution in [1.82, 2.24) is 9.97 Å². The number of hydrogen-bond donors (Lipinski definition) is 1. The average Bonchev–Trinajstić information content (AvgIpc) is 2.64. The molecule has 0 bridgehead atoms. The van der Waals surface area contributed by atoms with Gasteiger partial charge >= 0.3 is 0 Å². The smallest absolute Gasteiger partial charge is 0.270 e. The van der Waals surface area contributed by atoms with E-state index in [1.165, 1.54) is 0 Å². The summed E-state index contributed by atoms with van der Waals surface area (Å²) < 4.78 is 0. The summed E-state index contributed by atoms with van der Waals surface area (Å²) in [5.41, 5.74) is -0.0752. The minimum atomic E-state index is -0.0752. The fourth-order valence-corrected chi connectivity index (χ4v) is 2.21. The summed E-state index contributed by atoms with van der Waals surface area (Å²) in [5.74, 6) is 2.89. The molecule has 1 unspecified atom stereocenters. The van der Waals surface area contributed by atoms with Crippen molar-refractivity contribution in [2.24, 2.45) is 0 Å². The first kappa shape index (κ1) is 11.2. The van der Waals surface area contributed by atoms with Crippen molar-refractivity contribution >= 4 is 24.3 Å². The summed E-state index contributed by atoms with van der Waals surface area (Å²) in [6.45, 7) is 2.24. The molecule has 0 saturated carbocycles. The summed E-state index contributed by atoms with van der Waals surface area (Å²) in [6.07, 6.45) is 5.88. The van der Waals surface area contributed by atoms with E-state index in [1.54, 1.807) is 12.4 Å². The van der Waals surface area contributed by atoms with Gasteiger partial charge in [-0.3, -0.25) is 0 Å². The molecule has 6 heteroatoms. The van der Waals surface area contributed by atoms with Gasteiger partial charge in [0.15, 0.2) is 0 Å². The van der Waals surface area contributed by atoms with Gasteiger partial charge in [0.25, 0.3) is 6.71 Å². The van der Waals surface area contributed by atoms with Crippen LogP contribution in [-0.4, -0.2) is 22.2 Å². The maximum Gasteiger partial charge on any atom is 0.270 e. The van der Waals surface area contributed by atoms with Crippen LogP contribution < -0.4 is 5.32 Å². The maximum absolute atomic E-state index is 8.87. The molecule has 2 heterocycles. The van der Waals surface area contributed by atoms with E-state index >= 15 is 0 Å². The van der Waals surface area contributed by atoms with Crippen LogP contribution in [0.1, 0.15) is 13.3 Å². The third-order valence-electron chi connectivity index (χ3n) is 2.96. The zero-order valence-electron chi connectivity index (χ0n) is 9.07. The number of nitrogens with zero attached hydrogens (tertiary/aromatic N) is 3. The molecule has 0 spiro atoms. The molecule has 0 aliphatic carbocycles. The van der Waals surface area contributed by atoms with E-state index in [9.17, 15) is 0 Å².